The summed E-state index contributed by atoms with van der Waals surface area (Å²) in [6, 6.07) is 10.3. The van der Waals surface area contributed by atoms with E-state index >= 15 is 0 Å². The van der Waals surface area contributed by atoms with Crippen LogP contribution in [0.4, 0.5) is 0 Å². The SMILES string of the molecule is COc1cc[c-]c(C)n1.[C-]#N.[Cu+].[Li+].[Li+].[c-]1cccs1. The zero-order valence-corrected chi connectivity index (χ0v) is 13.2. The molecule has 0 aliphatic carbocycles. The largest absolute Gasteiger partial charge is 1.00 e. The minimum Gasteiger partial charge on any atom is -0.512 e. The molecule has 2 aromatic heterocycles. The number of rotatable bonds is 1. The molecule has 2 heterocycles. The first-order chi connectivity index (χ1) is 7.83. The summed E-state index contributed by atoms with van der Waals surface area (Å²) >= 11 is 1.59. The molecule has 0 bridgehead atoms. The van der Waals surface area contributed by atoms with Crippen molar-refractivity contribution in [3.05, 3.63) is 53.4 Å². The van der Waals surface area contributed by atoms with Crippen molar-refractivity contribution in [3.63, 3.8) is 0 Å². The van der Waals surface area contributed by atoms with Crippen molar-refractivity contribution in [3.8, 4) is 5.88 Å². The minimum atomic E-state index is 0. The molecule has 0 saturated carbocycles. The molecular formula is C12H11CuLi2N2OS. The number of thiophene rings is 1. The Hall–Kier alpha value is -0.146. The predicted octanol–water partition coefficient (Wildman–Crippen LogP) is -3.15. The molecule has 0 aliphatic heterocycles. The fourth-order valence-corrected chi connectivity index (χ4v) is 1.17. The van der Waals surface area contributed by atoms with E-state index in [2.05, 4.69) is 16.4 Å². The zero-order valence-electron chi connectivity index (χ0n) is 11.4. The van der Waals surface area contributed by atoms with Crippen molar-refractivity contribution in [2.24, 2.45) is 0 Å². The van der Waals surface area contributed by atoms with E-state index in [-0.39, 0.29) is 54.8 Å². The second kappa shape index (κ2) is 20.2. The van der Waals surface area contributed by atoms with Gasteiger partial charge in [-0.25, -0.2) is 18.2 Å². The van der Waals surface area contributed by atoms with Crippen LogP contribution in [0.25, 0.3) is 0 Å². The topological polar surface area (TPSA) is 45.9 Å². The van der Waals surface area contributed by atoms with Gasteiger partial charge in [0.25, 0.3) is 0 Å². The van der Waals surface area contributed by atoms with E-state index in [4.69, 9.17) is 16.6 Å². The summed E-state index contributed by atoms with van der Waals surface area (Å²) in [5, 5.41) is 11.1. The number of ether oxygens (including phenoxy) is 1. The Morgan fingerprint density at radius 3 is 2.21 bits per heavy atom. The van der Waals surface area contributed by atoms with E-state index in [0.29, 0.717) is 5.88 Å². The zero-order chi connectivity index (χ0) is 12.2. The van der Waals surface area contributed by atoms with Gasteiger partial charge in [0, 0.05) is 0 Å². The molecule has 0 aliphatic rings. The number of hydrogen-bond acceptors (Lipinski definition) is 4. The van der Waals surface area contributed by atoms with Gasteiger partial charge >= 0.3 is 54.8 Å². The molecule has 2 rings (SSSR count). The van der Waals surface area contributed by atoms with E-state index in [0.717, 1.165) is 5.69 Å². The van der Waals surface area contributed by atoms with Gasteiger partial charge in [0.15, 0.2) is 0 Å². The van der Waals surface area contributed by atoms with E-state index in [1.54, 1.807) is 30.6 Å². The molecule has 94 valence electrons. The fraction of sp³-hybridized carbons (Fsp3) is 0.167. The van der Waals surface area contributed by atoms with Gasteiger partial charge in [-0.05, 0) is 6.92 Å². The molecule has 0 N–H and O–H groups in total. The quantitative estimate of drug-likeness (QED) is 0.413. The average Bonchev–Trinajstić information content (AvgIpc) is 2.90. The Morgan fingerprint density at radius 1 is 1.32 bits per heavy atom. The first kappa shape index (κ1) is 27.2. The molecule has 0 atom stereocenters. The molecule has 0 saturated heterocycles. The summed E-state index contributed by atoms with van der Waals surface area (Å²) in [6.07, 6.45) is 0. The third-order valence-electron chi connectivity index (χ3n) is 1.38. The summed E-state index contributed by atoms with van der Waals surface area (Å²) in [6.45, 7) is 6.63. The van der Waals surface area contributed by atoms with Crippen molar-refractivity contribution in [2.75, 3.05) is 7.11 Å². The summed E-state index contributed by atoms with van der Waals surface area (Å²) in [4.78, 5) is 4.01. The number of aromatic nitrogens is 1. The van der Waals surface area contributed by atoms with Crippen LogP contribution in [0.3, 0.4) is 0 Å². The molecule has 0 aromatic carbocycles. The second-order valence-electron chi connectivity index (χ2n) is 2.45. The average molecular weight is 309 g/mol. The molecule has 0 fully saturated rings. The van der Waals surface area contributed by atoms with Gasteiger partial charge in [-0.3, -0.25) is 4.98 Å². The maximum Gasteiger partial charge on any atom is 1.00 e. The third kappa shape index (κ3) is 15.8. The Kier molecular flexibility index (Phi) is 28.9. The number of hydrogen-bond donors (Lipinski definition) is 0. The maximum atomic E-state index is 6.25. The van der Waals surface area contributed by atoms with Crippen LogP contribution in [0, 0.1) is 30.2 Å². The van der Waals surface area contributed by atoms with Crippen molar-refractivity contribution in [2.45, 2.75) is 6.92 Å². The Morgan fingerprint density at radius 2 is 1.95 bits per heavy atom. The first-order valence-electron chi connectivity index (χ1n) is 4.34. The summed E-state index contributed by atoms with van der Waals surface area (Å²) in [5.74, 6) is 0.645. The maximum absolute atomic E-state index is 6.25. The van der Waals surface area contributed by atoms with Crippen LogP contribution in [-0.4, -0.2) is 12.1 Å². The van der Waals surface area contributed by atoms with Crippen LogP contribution in [-0.2, 0) is 17.1 Å². The van der Waals surface area contributed by atoms with Gasteiger partial charge in [0.1, 0.15) is 5.88 Å². The summed E-state index contributed by atoms with van der Waals surface area (Å²) < 4.78 is 4.86. The van der Waals surface area contributed by atoms with Crippen LogP contribution in [0.15, 0.2) is 29.6 Å². The smallest absolute Gasteiger partial charge is 0.512 e. The van der Waals surface area contributed by atoms with E-state index in [9.17, 15) is 0 Å². The standard InChI is InChI=1S/C7H8NO.C4H3S.CN.Cu.2Li/c1-6-4-3-5-7(8-6)9-2;1-2-4-5-3-1;1-2;;;/h3,5H,1-2H3;1-3H;;;;/q3*-1;3*+1. The van der Waals surface area contributed by atoms with Crippen molar-refractivity contribution in [1.29, 1.82) is 5.26 Å². The molecule has 3 nitrogen and oxygen atoms in total. The van der Waals surface area contributed by atoms with Gasteiger partial charge < -0.3 is 27.9 Å². The van der Waals surface area contributed by atoms with Gasteiger partial charge in [-0.15, -0.1) is 11.4 Å². The van der Waals surface area contributed by atoms with Crippen LogP contribution in [0.2, 0.25) is 0 Å². The van der Waals surface area contributed by atoms with Crippen molar-refractivity contribution < 1.29 is 59.5 Å². The Bertz CT molecular complexity index is 382. The Labute approximate surface area is 153 Å². The molecule has 0 spiro atoms. The van der Waals surface area contributed by atoms with Crippen molar-refractivity contribution in [1.82, 2.24) is 4.98 Å². The molecule has 0 amide bonds. The molecule has 7 heteroatoms. The third-order valence-corrected chi connectivity index (χ3v) is 1.95. The van der Waals surface area contributed by atoms with Crippen LogP contribution < -0.4 is 42.5 Å². The monoisotopic (exact) mass is 308 g/mol. The van der Waals surface area contributed by atoms with E-state index in [1.165, 1.54) is 0 Å². The minimum absolute atomic E-state index is 0. The van der Waals surface area contributed by atoms with E-state index in [1.807, 2.05) is 24.4 Å². The normalized spacial score (nSPS) is 6.53. The number of aryl methyl sites for hydroxylation is 1. The van der Waals surface area contributed by atoms with Crippen LogP contribution in [0.5, 0.6) is 5.88 Å². The van der Waals surface area contributed by atoms with Gasteiger partial charge in [0.05, 0.1) is 7.11 Å². The van der Waals surface area contributed by atoms with Crippen LogP contribution in [0.1, 0.15) is 5.69 Å². The molecule has 0 unspecified atom stereocenters. The van der Waals surface area contributed by atoms with E-state index < -0.39 is 0 Å². The molecular weight excluding hydrogens is 298 g/mol. The number of methoxy groups -OCH3 is 1. The fourth-order valence-electron chi connectivity index (χ4n) is 0.778. The molecule has 19 heavy (non-hydrogen) atoms. The Balaban J connectivity index is -0.0000000987. The van der Waals surface area contributed by atoms with Crippen molar-refractivity contribution >= 4 is 11.3 Å². The van der Waals surface area contributed by atoms with Gasteiger partial charge in [0.2, 0.25) is 0 Å². The van der Waals surface area contributed by atoms with Gasteiger partial charge in [-0.2, -0.15) is 11.4 Å². The summed E-state index contributed by atoms with van der Waals surface area (Å²) in [5.41, 5.74) is 0.856. The number of pyridine rings is 1. The number of nitrogens with zero attached hydrogens (tertiary/aromatic N) is 2. The first-order valence-corrected chi connectivity index (χ1v) is 5.22. The molecule has 2 aromatic rings. The second-order valence-corrected chi connectivity index (χ2v) is 3.19. The van der Waals surface area contributed by atoms with Gasteiger partial charge in [-0.1, -0.05) is 5.69 Å². The van der Waals surface area contributed by atoms with Crippen LogP contribution >= 0.6 is 11.3 Å². The predicted molar refractivity (Wildman–Crippen MR) is 62.5 cm³/mol. The molecule has 0 radical (unpaired) electrons. The summed E-state index contributed by atoms with van der Waals surface area (Å²) in [7, 11) is 1.60.